The van der Waals surface area contributed by atoms with Crippen LogP contribution in [0.3, 0.4) is 0 Å². The number of pyridine rings is 1. The second-order valence-corrected chi connectivity index (χ2v) is 5.47. The van der Waals surface area contributed by atoms with Crippen molar-refractivity contribution in [1.82, 2.24) is 4.98 Å². The molecule has 1 aromatic carbocycles. The summed E-state index contributed by atoms with van der Waals surface area (Å²) in [7, 11) is 0. The summed E-state index contributed by atoms with van der Waals surface area (Å²) in [4.78, 5) is 16.4. The van der Waals surface area contributed by atoms with Crippen molar-refractivity contribution in [2.45, 2.75) is 26.7 Å². The molecule has 3 nitrogen and oxygen atoms in total. The van der Waals surface area contributed by atoms with Gasteiger partial charge in [-0.1, -0.05) is 43.1 Å². The van der Waals surface area contributed by atoms with E-state index in [1.807, 2.05) is 45.0 Å². The number of carbonyl (C=O) groups is 1. The Labute approximate surface area is 124 Å². The van der Waals surface area contributed by atoms with E-state index in [4.69, 9.17) is 11.6 Å². The maximum Gasteiger partial charge on any atom is 0.255 e. The molecule has 0 aliphatic carbocycles. The summed E-state index contributed by atoms with van der Waals surface area (Å²) < 4.78 is 0. The lowest BCUT2D eigenvalue weighted by molar-refractivity contribution is 0.102. The van der Waals surface area contributed by atoms with Gasteiger partial charge < -0.3 is 5.32 Å². The number of hydrogen-bond acceptors (Lipinski definition) is 2. The number of aryl methyl sites for hydroxylation is 1. The van der Waals surface area contributed by atoms with Crippen LogP contribution in [0.4, 0.5) is 5.69 Å². The average molecular weight is 289 g/mol. The van der Waals surface area contributed by atoms with E-state index in [1.165, 1.54) is 0 Å². The predicted octanol–water partition coefficient (Wildman–Crippen LogP) is 4.42. The van der Waals surface area contributed by atoms with Crippen LogP contribution in [0.25, 0.3) is 0 Å². The standard InChI is InChI=1S/C16H17ClN2O/c1-10(2)14-8-12(9-15(17)19-14)16(20)18-13-6-4-11(3)5-7-13/h4-10H,1-3H3,(H,18,20). The molecular weight excluding hydrogens is 272 g/mol. The van der Waals surface area contributed by atoms with Gasteiger partial charge >= 0.3 is 0 Å². The molecule has 0 bridgehead atoms. The van der Waals surface area contributed by atoms with Gasteiger partial charge in [0.05, 0.1) is 0 Å². The summed E-state index contributed by atoms with van der Waals surface area (Å²) in [6.07, 6.45) is 0. The van der Waals surface area contributed by atoms with Crippen LogP contribution in [0, 0.1) is 6.92 Å². The van der Waals surface area contributed by atoms with E-state index in [1.54, 1.807) is 12.1 Å². The first-order chi connectivity index (χ1) is 9.45. The van der Waals surface area contributed by atoms with Crippen molar-refractivity contribution < 1.29 is 4.79 Å². The summed E-state index contributed by atoms with van der Waals surface area (Å²) in [5.74, 6) is 0.0414. The average Bonchev–Trinajstić information content (AvgIpc) is 2.40. The number of halogens is 1. The highest BCUT2D eigenvalue weighted by atomic mass is 35.5. The highest BCUT2D eigenvalue weighted by molar-refractivity contribution is 6.29. The summed E-state index contributed by atoms with van der Waals surface area (Å²) in [6, 6.07) is 11.0. The minimum atomic E-state index is -0.181. The van der Waals surface area contributed by atoms with Crippen LogP contribution in [0.15, 0.2) is 36.4 Å². The van der Waals surface area contributed by atoms with Gasteiger partial charge in [0.1, 0.15) is 5.15 Å². The Morgan fingerprint density at radius 1 is 1.20 bits per heavy atom. The van der Waals surface area contributed by atoms with Gasteiger partial charge in [-0.2, -0.15) is 0 Å². The normalized spacial score (nSPS) is 10.7. The second kappa shape index (κ2) is 6.06. The first-order valence-corrected chi connectivity index (χ1v) is 6.89. The Bertz CT molecular complexity index is 621. The molecule has 1 amide bonds. The topological polar surface area (TPSA) is 42.0 Å². The van der Waals surface area contributed by atoms with Gasteiger partial charge in [-0.25, -0.2) is 4.98 Å². The highest BCUT2D eigenvalue weighted by Gasteiger charge is 2.11. The Hall–Kier alpha value is -1.87. The Kier molecular flexibility index (Phi) is 4.40. The number of carbonyl (C=O) groups excluding carboxylic acids is 1. The molecule has 104 valence electrons. The first kappa shape index (κ1) is 14.5. The van der Waals surface area contributed by atoms with Gasteiger partial charge in [0.2, 0.25) is 0 Å². The van der Waals surface area contributed by atoms with E-state index < -0.39 is 0 Å². The van der Waals surface area contributed by atoms with Crippen LogP contribution in [0.2, 0.25) is 5.15 Å². The minimum absolute atomic E-state index is 0.181. The van der Waals surface area contributed by atoms with Crippen molar-refractivity contribution in [3.05, 3.63) is 58.4 Å². The van der Waals surface area contributed by atoms with Crippen LogP contribution < -0.4 is 5.32 Å². The maximum atomic E-state index is 12.2. The van der Waals surface area contributed by atoms with Crippen LogP contribution in [0.5, 0.6) is 0 Å². The largest absolute Gasteiger partial charge is 0.322 e. The third-order valence-electron chi connectivity index (χ3n) is 2.98. The first-order valence-electron chi connectivity index (χ1n) is 6.51. The van der Waals surface area contributed by atoms with E-state index in [-0.39, 0.29) is 11.8 Å². The molecule has 0 atom stereocenters. The van der Waals surface area contributed by atoms with Crippen molar-refractivity contribution >= 4 is 23.2 Å². The minimum Gasteiger partial charge on any atom is -0.322 e. The molecule has 0 spiro atoms. The summed E-state index contributed by atoms with van der Waals surface area (Å²) in [5.41, 5.74) is 3.25. The molecule has 0 unspecified atom stereocenters. The van der Waals surface area contributed by atoms with Gasteiger partial charge in [-0.15, -0.1) is 0 Å². The molecule has 0 aliphatic heterocycles. The van der Waals surface area contributed by atoms with Gasteiger partial charge in [0.15, 0.2) is 0 Å². The number of nitrogens with one attached hydrogen (secondary N) is 1. The van der Waals surface area contributed by atoms with E-state index >= 15 is 0 Å². The Morgan fingerprint density at radius 2 is 1.85 bits per heavy atom. The molecule has 0 fully saturated rings. The molecule has 0 saturated heterocycles. The molecule has 1 heterocycles. The van der Waals surface area contributed by atoms with E-state index in [9.17, 15) is 4.79 Å². The molecule has 0 saturated carbocycles. The fraction of sp³-hybridized carbons (Fsp3) is 0.250. The van der Waals surface area contributed by atoms with Crippen LogP contribution in [-0.4, -0.2) is 10.9 Å². The zero-order valence-electron chi connectivity index (χ0n) is 11.8. The number of anilines is 1. The predicted molar refractivity (Wildman–Crippen MR) is 82.5 cm³/mol. The Morgan fingerprint density at radius 3 is 2.45 bits per heavy atom. The van der Waals surface area contributed by atoms with Crippen molar-refractivity contribution in [2.24, 2.45) is 0 Å². The number of hydrogen-bond donors (Lipinski definition) is 1. The summed E-state index contributed by atoms with van der Waals surface area (Å²) in [6.45, 7) is 6.03. The van der Waals surface area contributed by atoms with Gasteiger partial charge in [0, 0.05) is 16.9 Å². The fourth-order valence-electron chi connectivity index (χ4n) is 1.78. The third kappa shape index (κ3) is 3.58. The molecule has 2 rings (SSSR count). The maximum absolute atomic E-state index is 12.2. The zero-order valence-corrected chi connectivity index (χ0v) is 12.5. The highest BCUT2D eigenvalue weighted by Crippen LogP contribution is 2.19. The number of benzene rings is 1. The van der Waals surface area contributed by atoms with Crippen molar-refractivity contribution in [2.75, 3.05) is 5.32 Å². The lowest BCUT2D eigenvalue weighted by Crippen LogP contribution is -2.13. The van der Waals surface area contributed by atoms with E-state index in [0.29, 0.717) is 10.7 Å². The zero-order chi connectivity index (χ0) is 14.7. The number of rotatable bonds is 3. The lowest BCUT2D eigenvalue weighted by Gasteiger charge is -2.09. The molecular formula is C16H17ClN2O. The molecule has 0 radical (unpaired) electrons. The molecule has 0 aliphatic rings. The quantitative estimate of drug-likeness (QED) is 0.850. The van der Waals surface area contributed by atoms with Crippen LogP contribution >= 0.6 is 11.6 Å². The van der Waals surface area contributed by atoms with Crippen molar-refractivity contribution in [3.63, 3.8) is 0 Å². The molecule has 20 heavy (non-hydrogen) atoms. The van der Waals surface area contributed by atoms with Crippen LogP contribution in [0.1, 0.15) is 41.4 Å². The molecule has 2 aromatic rings. The van der Waals surface area contributed by atoms with E-state index in [0.717, 1.165) is 16.9 Å². The van der Waals surface area contributed by atoms with E-state index in [2.05, 4.69) is 10.3 Å². The molecule has 4 heteroatoms. The molecule has 1 aromatic heterocycles. The van der Waals surface area contributed by atoms with Gasteiger partial charge in [-0.05, 0) is 37.1 Å². The van der Waals surface area contributed by atoms with Gasteiger partial charge in [-0.3, -0.25) is 4.79 Å². The number of amides is 1. The van der Waals surface area contributed by atoms with Crippen molar-refractivity contribution in [1.29, 1.82) is 0 Å². The van der Waals surface area contributed by atoms with Gasteiger partial charge in [0.25, 0.3) is 5.91 Å². The monoisotopic (exact) mass is 288 g/mol. The lowest BCUT2D eigenvalue weighted by atomic mass is 10.1. The Balaban J connectivity index is 2.22. The molecule has 1 N–H and O–H groups in total. The number of aromatic nitrogens is 1. The summed E-state index contributed by atoms with van der Waals surface area (Å²) in [5, 5.41) is 3.19. The third-order valence-corrected chi connectivity index (χ3v) is 3.17. The smallest absolute Gasteiger partial charge is 0.255 e. The number of nitrogens with zero attached hydrogens (tertiary/aromatic N) is 1. The second-order valence-electron chi connectivity index (χ2n) is 5.08. The SMILES string of the molecule is Cc1ccc(NC(=O)c2cc(Cl)nc(C(C)C)c2)cc1. The van der Waals surface area contributed by atoms with Crippen LogP contribution in [-0.2, 0) is 0 Å². The summed E-state index contributed by atoms with van der Waals surface area (Å²) >= 11 is 5.97. The fourth-order valence-corrected chi connectivity index (χ4v) is 2.00. The van der Waals surface area contributed by atoms with Crippen molar-refractivity contribution in [3.8, 4) is 0 Å².